The highest BCUT2D eigenvalue weighted by atomic mass is 35.5. The van der Waals surface area contributed by atoms with Crippen molar-refractivity contribution in [3.8, 4) is 0 Å². The SMILES string of the molecule is Cl.O=S(=O)(NC1CCNC1)N1CC2CCC1C2. The second-order valence-corrected chi connectivity index (χ2v) is 6.87. The Morgan fingerprint density at radius 2 is 2.06 bits per heavy atom. The van der Waals surface area contributed by atoms with E-state index in [-0.39, 0.29) is 24.5 Å². The zero-order chi connectivity index (χ0) is 11.2. The van der Waals surface area contributed by atoms with Crippen molar-refractivity contribution < 1.29 is 8.42 Å². The molecular formula is C10H20ClN3O2S. The molecule has 2 N–H and O–H groups in total. The van der Waals surface area contributed by atoms with Crippen molar-refractivity contribution in [1.82, 2.24) is 14.3 Å². The lowest BCUT2D eigenvalue weighted by Crippen LogP contribution is -2.48. The van der Waals surface area contributed by atoms with Gasteiger partial charge in [-0.3, -0.25) is 0 Å². The van der Waals surface area contributed by atoms with Crippen LogP contribution in [0.4, 0.5) is 0 Å². The number of piperidine rings is 1. The van der Waals surface area contributed by atoms with Gasteiger partial charge in [0.25, 0.3) is 10.2 Å². The van der Waals surface area contributed by atoms with Crippen LogP contribution in [0.15, 0.2) is 0 Å². The smallest absolute Gasteiger partial charge is 0.280 e. The molecule has 3 rings (SSSR count). The molecule has 0 radical (unpaired) electrons. The van der Waals surface area contributed by atoms with Crippen molar-refractivity contribution in [1.29, 1.82) is 0 Å². The summed E-state index contributed by atoms with van der Waals surface area (Å²) in [6.45, 7) is 2.42. The van der Waals surface area contributed by atoms with Crippen LogP contribution in [0.25, 0.3) is 0 Å². The fourth-order valence-electron chi connectivity index (χ4n) is 3.21. The van der Waals surface area contributed by atoms with Crippen LogP contribution in [0.1, 0.15) is 25.7 Å². The predicted octanol–water partition coefficient (Wildman–Crippen LogP) is 0.0888. The molecule has 0 aromatic carbocycles. The zero-order valence-corrected chi connectivity index (χ0v) is 11.4. The van der Waals surface area contributed by atoms with E-state index in [1.807, 2.05) is 0 Å². The lowest BCUT2D eigenvalue weighted by Gasteiger charge is -2.27. The first-order chi connectivity index (χ1) is 7.65. The normalized spacial score (nSPS) is 37.3. The summed E-state index contributed by atoms with van der Waals surface area (Å²) in [5, 5.41) is 3.17. The number of nitrogens with one attached hydrogen (secondary N) is 2. The number of fused-ring (bicyclic) bond motifs is 2. The molecule has 2 heterocycles. The highest BCUT2D eigenvalue weighted by Crippen LogP contribution is 2.38. The molecule has 5 nitrogen and oxygen atoms in total. The monoisotopic (exact) mass is 281 g/mol. The largest absolute Gasteiger partial charge is 0.315 e. The van der Waals surface area contributed by atoms with Crippen LogP contribution in [0.2, 0.25) is 0 Å². The van der Waals surface area contributed by atoms with Gasteiger partial charge in [0.1, 0.15) is 0 Å². The van der Waals surface area contributed by atoms with Crippen molar-refractivity contribution in [3.63, 3.8) is 0 Å². The van der Waals surface area contributed by atoms with Gasteiger partial charge < -0.3 is 5.32 Å². The van der Waals surface area contributed by atoms with E-state index in [0.29, 0.717) is 5.92 Å². The van der Waals surface area contributed by atoms with Gasteiger partial charge in [0.05, 0.1) is 0 Å². The van der Waals surface area contributed by atoms with Gasteiger partial charge in [-0.25, -0.2) is 0 Å². The van der Waals surface area contributed by atoms with Crippen LogP contribution < -0.4 is 10.0 Å². The second-order valence-electron chi connectivity index (χ2n) is 5.22. The standard InChI is InChI=1S/C10H19N3O2S.ClH/c14-16(15,12-9-3-4-11-6-9)13-7-8-1-2-10(13)5-8;/h8-12H,1-7H2;1H. The first-order valence-electron chi connectivity index (χ1n) is 6.15. The van der Waals surface area contributed by atoms with E-state index in [9.17, 15) is 8.42 Å². The summed E-state index contributed by atoms with van der Waals surface area (Å²) in [6.07, 6.45) is 4.24. The Morgan fingerprint density at radius 1 is 1.24 bits per heavy atom. The molecule has 0 aromatic rings. The van der Waals surface area contributed by atoms with Gasteiger partial charge in [0.15, 0.2) is 0 Å². The minimum absolute atomic E-state index is 0. The molecule has 2 bridgehead atoms. The first-order valence-corrected chi connectivity index (χ1v) is 7.59. The van der Waals surface area contributed by atoms with E-state index in [1.54, 1.807) is 4.31 Å². The van der Waals surface area contributed by atoms with Crippen molar-refractivity contribution in [2.75, 3.05) is 19.6 Å². The number of nitrogens with zero attached hydrogens (tertiary/aromatic N) is 1. The molecule has 1 aliphatic carbocycles. The highest BCUT2D eigenvalue weighted by Gasteiger charge is 2.44. The average Bonchev–Trinajstić information content (AvgIpc) is 2.91. The average molecular weight is 282 g/mol. The summed E-state index contributed by atoms with van der Waals surface area (Å²) in [4.78, 5) is 0. The Morgan fingerprint density at radius 3 is 2.59 bits per heavy atom. The maximum absolute atomic E-state index is 12.2. The molecule has 3 fully saturated rings. The predicted molar refractivity (Wildman–Crippen MR) is 68.4 cm³/mol. The Hall–Kier alpha value is 0.120. The maximum atomic E-state index is 12.2. The Labute approximate surface area is 109 Å². The molecule has 17 heavy (non-hydrogen) atoms. The van der Waals surface area contributed by atoms with Crippen LogP contribution in [-0.2, 0) is 10.2 Å². The Bertz CT molecular complexity index is 370. The van der Waals surface area contributed by atoms with Gasteiger partial charge in [-0.15, -0.1) is 12.4 Å². The zero-order valence-electron chi connectivity index (χ0n) is 9.76. The van der Waals surface area contributed by atoms with E-state index in [1.165, 1.54) is 6.42 Å². The topological polar surface area (TPSA) is 61.4 Å². The molecule has 1 saturated carbocycles. The van der Waals surface area contributed by atoms with E-state index >= 15 is 0 Å². The van der Waals surface area contributed by atoms with Crippen molar-refractivity contribution in [2.24, 2.45) is 5.92 Å². The minimum Gasteiger partial charge on any atom is -0.315 e. The quantitative estimate of drug-likeness (QED) is 0.771. The Kier molecular flexibility index (Phi) is 3.99. The molecule has 100 valence electrons. The van der Waals surface area contributed by atoms with Gasteiger partial charge in [0.2, 0.25) is 0 Å². The summed E-state index contributed by atoms with van der Waals surface area (Å²) in [5.41, 5.74) is 0. The third-order valence-corrected chi connectivity index (χ3v) is 5.74. The second kappa shape index (κ2) is 5.01. The van der Waals surface area contributed by atoms with E-state index in [4.69, 9.17) is 0 Å². The van der Waals surface area contributed by atoms with Crippen LogP contribution in [0.3, 0.4) is 0 Å². The molecule has 0 spiro atoms. The van der Waals surface area contributed by atoms with Gasteiger partial charge in [0, 0.05) is 25.2 Å². The van der Waals surface area contributed by atoms with Crippen molar-refractivity contribution in [3.05, 3.63) is 0 Å². The third-order valence-electron chi connectivity index (χ3n) is 4.04. The van der Waals surface area contributed by atoms with E-state index in [0.717, 1.165) is 38.9 Å². The lowest BCUT2D eigenvalue weighted by atomic mass is 10.1. The summed E-state index contributed by atoms with van der Waals surface area (Å²) < 4.78 is 28.8. The van der Waals surface area contributed by atoms with Crippen molar-refractivity contribution >= 4 is 22.6 Å². The van der Waals surface area contributed by atoms with Crippen LogP contribution >= 0.6 is 12.4 Å². The van der Waals surface area contributed by atoms with Gasteiger partial charge in [-0.2, -0.15) is 17.4 Å². The van der Waals surface area contributed by atoms with Crippen LogP contribution in [-0.4, -0.2) is 44.4 Å². The molecule has 0 amide bonds. The van der Waals surface area contributed by atoms with Crippen molar-refractivity contribution in [2.45, 2.75) is 37.8 Å². The molecule has 3 unspecified atom stereocenters. The summed E-state index contributed by atoms with van der Waals surface area (Å²) in [5.74, 6) is 0.614. The molecule has 2 aliphatic heterocycles. The van der Waals surface area contributed by atoms with Crippen LogP contribution in [0.5, 0.6) is 0 Å². The minimum atomic E-state index is -3.23. The lowest BCUT2D eigenvalue weighted by molar-refractivity contribution is 0.326. The third kappa shape index (κ3) is 2.61. The fraction of sp³-hybridized carbons (Fsp3) is 1.00. The highest BCUT2D eigenvalue weighted by molar-refractivity contribution is 7.87. The fourth-order valence-corrected chi connectivity index (χ4v) is 4.96. The summed E-state index contributed by atoms with van der Waals surface area (Å²) in [6, 6.07) is 0.362. The molecule has 2 saturated heterocycles. The van der Waals surface area contributed by atoms with E-state index in [2.05, 4.69) is 10.0 Å². The first kappa shape index (κ1) is 13.5. The van der Waals surface area contributed by atoms with E-state index < -0.39 is 10.2 Å². The number of rotatable bonds is 3. The summed E-state index contributed by atoms with van der Waals surface area (Å²) in [7, 11) is -3.23. The van der Waals surface area contributed by atoms with Gasteiger partial charge >= 0.3 is 0 Å². The summed E-state index contributed by atoms with van der Waals surface area (Å²) >= 11 is 0. The molecule has 7 heteroatoms. The number of halogens is 1. The maximum Gasteiger partial charge on any atom is 0.280 e. The Balaban J connectivity index is 0.00000108. The van der Waals surface area contributed by atoms with Crippen LogP contribution in [0, 0.1) is 5.92 Å². The molecule has 3 aliphatic rings. The molecular weight excluding hydrogens is 262 g/mol. The number of hydrogen-bond acceptors (Lipinski definition) is 3. The number of hydrogen-bond donors (Lipinski definition) is 2. The van der Waals surface area contributed by atoms with Gasteiger partial charge in [-0.05, 0) is 38.1 Å². The molecule has 3 atom stereocenters. The molecule has 0 aromatic heterocycles. The van der Waals surface area contributed by atoms with Gasteiger partial charge in [-0.1, -0.05) is 0 Å².